The molecule has 2 aliphatic heterocycles. The first kappa shape index (κ1) is 23.6. The summed E-state index contributed by atoms with van der Waals surface area (Å²) < 4.78 is 42.5. The number of carbonyl (C=O) groups is 1. The van der Waals surface area contributed by atoms with Crippen molar-refractivity contribution in [2.45, 2.75) is 36.1 Å². The van der Waals surface area contributed by atoms with Crippen LogP contribution in [0.25, 0.3) is 10.2 Å². The van der Waals surface area contributed by atoms with Crippen molar-refractivity contribution < 1.29 is 22.7 Å². The highest BCUT2D eigenvalue weighted by molar-refractivity contribution is 7.91. The van der Waals surface area contributed by atoms with E-state index in [9.17, 15) is 13.2 Å². The number of nitrogens with zero attached hydrogens (tertiary/aromatic N) is 3. The molecule has 0 spiro atoms. The van der Waals surface area contributed by atoms with E-state index in [1.165, 1.54) is 21.7 Å². The molecule has 2 aliphatic rings. The SMILES string of the molecule is C=CCn1c(=NC(=O)C2CCCCN2S(=O)(=O)c2ccc(Cl)s2)sc2cc3c(cc21)OCCO3. The Morgan fingerprint density at radius 2 is 1.97 bits per heavy atom. The van der Waals surface area contributed by atoms with Gasteiger partial charge < -0.3 is 14.0 Å². The van der Waals surface area contributed by atoms with Crippen LogP contribution in [-0.4, -0.2) is 49.0 Å². The van der Waals surface area contributed by atoms with Crippen molar-refractivity contribution in [3.8, 4) is 11.5 Å². The summed E-state index contributed by atoms with van der Waals surface area (Å²) in [5, 5.41) is 0. The summed E-state index contributed by atoms with van der Waals surface area (Å²) in [5.41, 5.74) is 0.849. The third-order valence-corrected chi connectivity index (χ3v) is 10.4. The summed E-state index contributed by atoms with van der Waals surface area (Å²) in [5.74, 6) is 0.821. The number of amides is 1. The standard InChI is InChI=1S/C22H22ClN3O5S3/c1-2-8-25-15-12-16-17(31-11-10-30-16)13-18(15)32-22(25)24-21(27)14-5-3-4-9-26(14)34(28,29)20-7-6-19(23)33-20/h2,6-7,12-14H,1,3-5,8-11H2. The van der Waals surface area contributed by atoms with Crippen molar-refractivity contribution in [2.24, 2.45) is 4.99 Å². The monoisotopic (exact) mass is 539 g/mol. The number of halogens is 1. The molecule has 0 saturated carbocycles. The summed E-state index contributed by atoms with van der Waals surface area (Å²) in [6, 6.07) is 5.93. The molecule has 0 aliphatic carbocycles. The number of piperidine rings is 1. The molecule has 12 heteroatoms. The number of ether oxygens (including phenoxy) is 2. The van der Waals surface area contributed by atoms with Gasteiger partial charge >= 0.3 is 0 Å². The van der Waals surface area contributed by atoms with Crippen molar-refractivity contribution in [1.82, 2.24) is 8.87 Å². The van der Waals surface area contributed by atoms with E-state index in [2.05, 4.69) is 11.6 Å². The molecule has 0 N–H and O–H groups in total. The number of rotatable bonds is 5. The fraction of sp³-hybridized carbons (Fsp3) is 0.364. The summed E-state index contributed by atoms with van der Waals surface area (Å²) in [7, 11) is -3.85. The molecule has 1 fully saturated rings. The van der Waals surface area contributed by atoms with E-state index in [1.54, 1.807) is 12.1 Å². The maximum atomic E-state index is 13.4. The van der Waals surface area contributed by atoms with E-state index in [1.807, 2.05) is 16.7 Å². The van der Waals surface area contributed by atoms with Crippen LogP contribution in [0.1, 0.15) is 19.3 Å². The third-order valence-electron chi connectivity index (χ3n) is 5.71. The van der Waals surface area contributed by atoms with Crippen LogP contribution in [-0.2, 0) is 21.4 Å². The molecular weight excluding hydrogens is 518 g/mol. The predicted octanol–water partition coefficient (Wildman–Crippen LogP) is 4.05. The molecule has 5 rings (SSSR count). The molecule has 1 atom stereocenters. The number of aromatic nitrogens is 1. The normalized spacial score (nSPS) is 19.4. The molecule has 0 radical (unpaired) electrons. The minimum Gasteiger partial charge on any atom is -0.486 e. The second kappa shape index (κ2) is 9.46. The first-order chi connectivity index (χ1) is 16.4. The van der Waals surface area contributed by atoms with Crippen LogP contribution in [0.4, 0.5) is 0 Å². The highest BCUT2D eigenvalue weighted by Gasteiger charge is 2.38. The van der Waals surface area contributed by atoms with Gasteiger partial charge in [-0.3, -0.25) is 4.79 Å². The van der Waals surface area contributed by atoms with Gasteiger partial charge in [0.05, 0.1) is 14.6 Å². The number of allylic oxidation sites excluding steroid dienone is 1. The molecule has 0 bridgehead atoms. The largest absolute Gasteiger partial charge is 0.486 e. The number of carbonyl (C=O) groups excluding carboxylic acids is 1. The molecule has 1 aromatic carbocycles. The van der Waals surface area contributed by atoms with Gasteiger partial charge in [0.15, 0.2) is 16.3 Å². The van der Waals surface area contributed by atoms with Gasteiger partial charge in [-0.1, -0.05) is 35.4 Å². The van der Waals surface area contributed by atoms with Crippen LogP contribution in [0.2, 0.25) is 4.34 Å². The molecular formula is C22H22ClN3O5S3. The van der Waals surface area contributed by atoms with Crippen molar-refractivity contribution in [3.63, 3.8) is 0 Å². The Morgan fingerprint density at radius 3 is 2.68 bits per heavy atom. The number of hydrogen-bond donors (Lipinski definition) is 0. The Morgan fingerprint density at radius 1 is 1.21 bits per heavy atom. The van der Waals surface area contributed by atoms with Crippen LogP contribution in [0.3, 0.4) is 0 Å². The average molecular weight is 540 g/mol. The molecule has 3 aromatic rings. The number of thiophene rings is 1. The molecule has 1 amide bonds. The number of benzene rings is 1. The lowest BCUT2D eigenvalue weighted by Crippen LogP contribution is -2.47. The lowest BCUT2D eigenvalue weighted by molar-refractivity contribution is -0.122. The van der Waals surface area contributed by atoms with Gasteiger partial charge in [0, 0.05) is 25.2 Å². The van der Waals surface area contributed by atoms with E-state index in [0.29, 0.717) is 53.2 Å². The lowest BCUT2D eigenvalue weighted by Gasteiger charge is -2.31. The Labute approximate surface area is 209 Å². The van der Waals surface area contributed by atoms with E-state index in [0.717, 1.165) is 28.0 Å². The zero-order chi connectivity index (χ0) is 23.9. The highest BCUT2D eigenvalue weighted by atomic mass is 35.5. The van der Waals surface area contributed by atoms with E-state index >= 15 is 0 Å². The first-order valence-electron chi connectivity index (χ1n) is 10.8. The number of sulfonamides is 1. The lowest BCUT2D eigenvalue weighted by atomic mass is 10.0. The van der Waals surface area contributed by atoms with Gasteiger partial charge in [-0.15, -0.1) is 17.9 Å². The molecule has 1 unspecified atom stereocenters. The molecule has 1 saturated heterocycles. The van der Waals surface area contributed by atoms with Crippen LogP contribution in [0, 0.1) is 0 Å². The first-order valence-corrected chi connectivity index (χ1v) is 14.2. The minimum atomic E-state index is -3.85. The van der Waals surface area contributed by atoms with Crippen molar-refractivity contribution in [2.75, 3.05) is 19.8 Å². The second-order valence-electron chi connectivity index (χ2n) is 7.88. The molecule has 2 aromatic heterocycles. The van der Waals surface area contributed by atoms with Gasteiger partial charge in [0.2, 0.25) is 0 Å². The van der Waals surface area contributed by atoms with Gasteiger partial charge in [-0.25, -0.2) is 8.42 Å². The van der Waals surface area contributed by atoms with Crippen molar-refractivity contribution in [3.05, 3.63) is 46.1 Å². The van der Waals surface area contributed by atoms with Crippen LogP contribution in [0.15, 0.2) is 46.1 Å². The zero-order valence-electron chi connectivity index (χ0n) is 18.1. The van der Waals surface area contributed by atoms with Crippen LogP contribution >= 0.6 is 34.3 Å². The average Bonchev–Trinajstić information content (AvgIpc) is 3.41. The smallest absolute Gasteiger partial charge is 0.266 e. The number of fused-ring (bicyclic) bond motifs is 2. The Balaban J connectivity index is 1.55. The summed E-state index contributed by atoms with van der Waals surface area (Å²) in [6.45, 7) is 5.48. The maximum absolute atomic E-state index is 13.4. The van der Waals surface area contributed by atoms with Crippen molar-refractivity contribution in [1.29, 1.82) is 0 Å². The highest BCUT2D eigenvalue weighted by Crippen LogP contribution is 2.36. The minimum absolute atomic E-state index is 0.131. The van der Waals surface area contributed by atoms with Gasteiger partial charge in [0.25, 0.3) is 15.9 Å². The molecule has 4 heterocycles. The molecule has 8 nitrogen and oxygen atoms in total. The van der Waals surface area contributed by atoms with E-state index in [-0.39, 0.29) is 10.8 Å². The zero-order valence-corrected chi connectivity index (χ0v) is 21.3. The Bertz CT molecular complexity index is 1440. The predicted molar refractivity (Wildman–Crippen MR) is 132 cm³/mol. The van der Waals surface area contributed by atoms with Gasteiger partial charge in [0.1, 0.15) is 23.5 Å². The Kier molecular flexibility index (Phi) is 6.56. The maximum Gasteiger partial charge on any atom is 0.266 e. The quantitative estimate of drug-likeness (QED) is 0.456. The van der Waals surface area contributed by atoms with Gasteiger partial charge in [-0.05, 0) is 25.0 Å². The van der Waals surface area contributed by atoms with Crippen molar-refractivity contribution >= 4 is 60.4 Å². The summed E-state index contributed by atoms with van der Waals surface area (Å²) in [4.78, 5) is 18.3. The summed E-state index contributed by atoms with van der Waals surface area (Å²) >= 11 is 8.30. The van der Waals surface area contributed by atoms with Crippen LogP contribution in [0.5, 0.6) is 11.5 Å². The second-order valence-corrected chi connectivity index (χ2v) is 12.7. The molecule has 34 heavy (non-hydrogen) atoms. The van der Waals surface area contributed by atoms with Gasteiger partial charge in [-0.2, -0.15) is 9.30 Å². The third kappa shape index (κ3) is 4.31. The summed E-state index contributed by atoms with van der Waals surface area (Å²) in [6.07, 6.45) is 3.59. The number of hydrogen-bond acceptors (Lipinski definition) is 7. The topological polar surface area (TPSA) is 90.2 Å². The fourth-order valence-electron chi connectivity index (χ4n) is 4.16. The Hall–Kier alpha value is -2.18. The molecule has 180 valence electrons. The number of thiazole rings is 1. The fourth-order valence-corrected chi connectivity index (χ4v) is 8.48. The van der Waals surface area contributed by atoms with E-state index in [4.69, 9.17) is 21.1 Å². The van der Waals surface area contributed by atoms with Crippen LogP contribution < -0.4 is 14.3 Å². The van der Waals surface area contributed by atoms with E-state index < -0.39 is 22.0 Å².